The minimum absolute atomic E-state index is 0.0694. The first-order valence-corrected chi connectivity index (χ1v) is 3.88. The second-order valence-electron chi connectivity index (χ2n) is 2.49. The van der Waals surface area contributed by atoms with Crippen LogP contribution in [-0.2, 0) is 0 Å². The zero-order chi connectivity index (χ0) is 10.0. The Labute approximate surface area is 79.9 Å². The Morgan fingerprint density at radius 3 is 2.77 bits per heavy atom. The van der Waals surface area contributed by atoms with Gasteiger partial charge in [0.2, 0.25) is 0 Å². The maximum Gasteiger partial charge on any atom is 0.319 e. The van der Waals surface area contributed by atoms with Gasteiger partial charge >= 0.3 is 6.03 Å². The third-order valence-corrected chi connectivity index (χ3v) is 1.84. The van der Waals surface area contributed by atoms with Crippen molar-refractivity contribution < 1.29 is 9.18 Å². The molecule has 70 valence electrons. The van der Waals surface area contributed by atoms with Gasteiger partial charge in [0.1, 0.15) is 5.82 Å². The molecule has 1 aromatic carbocycles. The molecule has 0 aromatic heterocycles. The molecule has 5 heteroatoms. The highest BCUT2D eigenvalue weighted by Gasteiger charge is 2.11. The van der Waals surface area contributed by atoms with E-state index >= 15 is 0 Å². The fourth-order valence-corrected chi connectivity index (χ4v) is 1.03. The molecule has 0 aliphatic carbocycles. The molecular weight excluding hydrogens is 195 g/mol. The van der Waals surface area contributed by atoms with Gasteiger partial charge in [0.25, 0.3) is 0 Å². The van der Waals surface area contributed by atoms with Crippen molar-refractivity contribution >= 4 is 23.3 Å². The van der Waals surface area contributed by atoms with Crippen LogP contribution in [0.3, 0.4) is 0 Å². The van der Waals surface area contributed by atoms with Crippen molar-refractivity contribution in [3.63, 3.8) is 0 Å². The van der Waals surface area contributed by atoms with E-state index in [4.69, 9.17) is 17.3 Å². The normalized spacial score (nSPS) is 9.77. The molecule has 13 heavy (non-hydrogen) atoms. The summed E-state index contributed by atoms with van der Waals surface area (Å²) >= 11 is 5.62. The van der Waals surface area contributed by atoms with E-state index < -0.39 is 11.8 Å². The van der Waals surface area contributed by atoms with E-state index in [9.17, 15) is 9.18 Å². The summed E-state index contributed by atoms with van der Waals surface area (Å²) in [5, 5.41) is 0.351. The second-order valence-corrected chi connectivity index (χ2v) is 2.93. The number of nitrogens with two attached hydrogens (primary N) is 1. The minimum atomic E-state index is -0.735. The number of anilines is 1. The molecule has 1 aromatic rings. The number of carbonyl (C=O) groups is 1. The topological polar surface area (TPSA) is 46.3 Å². The van der Waals surface area contributed by atoms with Crippen LogP contribution in [0.2, 0.25) is 5.02 Å². The lowest BCUT2D eigenvalue weighted by Crippen LogP contribution is -2.32. The highest BCUT2D eigenvalue weighted by molar-refractivity contribution is 6.30. The average molecular weight is 203 g/mol. The lowest BCUT2D eigenvalue weighted by Gasteiger charge is -2.14. The number of hydrogen-bond acceptors (Lipinski definition) is 1. The Bertz CT molecular complexity index is 343. The van der Waals surface area contributed by atoms with Crippen molar-refractivity contribution in [3.8, 4) is 0 Å². The zero-order valence-corrected chi connectivity index (χ0v) is 7.68. The van der Waals surface area contributed by atoms with E-state index in [1.807, 2.05) is 0 Å². The third kappa shape index (κ3) is 2.09. The van der Waals surface area contributed by atoms with Gasteiger partial charge in [-0.1, -0.05) is 11.6 Å². The Balaban J connectivity index is 3.12. The number of amides is 2. The third-order valence-electron chi connectivity index (χ3n) is 1.60. The lowest BCUT2D eigenvalue weighted by atomic mass is 10.3. The molecule has 2 N–H and O–H groups in total. The Hall–Kier alpha value is -1.29. The molecule has 0 saturated carbocycles. The molecule has 3 nitrogen and oxygen atoms in total. The lowest BCUT2D eigenvalue weighted by molar-refractivity contribution is 0.255. The molecule has 0 atom stereocenters. The molecule has 0 aliphatic rings. The number of benzene rings is 1. The van der Waals surface area contributed by atoms with E-state index in [1.54, 1.807) is 0 Å². The highest BCUT2D eigenvalue weighted by atomic mass is 35.5. The Morgan fingerprint density at radius 2 is 2.23 bits per heavy atom. The summed E-state index contributed by atoms with van der Waals surface area (Å²) < 4.78 is 13.1. The van der Waals surface area contributed by atoms with Crippen LogP contribution in [0.5, 0.6) is 0 Å². The molecule has 0 radical (unpaired) electrons. The van der Waals surface area contributed by atoms with E-state index in [0.717, 1.165) is 4.90 Å². The molecular formula is C8H8ClFN2O. The van der Waals surface area contributed by atoms with Crippen LogP contribution in [-0.4, -0.2) is 13.1 Å². The van der Waals surface area contributed by atoms with Crippen molar-refractivity contribution in [1.29, 1.82) is 0 Å². The molecule has 0 saturated heterocycles. The fourth-order valence-electron chi connectivity index (χ4n) is 0.862. The van der Waals surface area contributed by atoms with Gasteiger partial charge in [-0.25, -0.2) is 9.18 Å². The van der Waals surface area contributed by atoms with Gasteiger partial charge in [-0.05, 0) is 18.2 Å². The van der Waals surface area contributed by atoms with Crippen molar-refractivity contribution in [1.82, 2.24) is 0 Å². The van der Waals surface area contributed by atoms with Gasteiger partial charge in [0.15, 0.2) is 0 Å². The van der Waals surface area contributed by atoms with Gasteiger partial charge in [-0.2, -0.15) is 0 Å². The first kappa shape index (κ1) is 9.80. The summed E-state index contributed by atoms with van der Waals surface area (Å²) in [7, 11) is 1.37. The number of nitrogens with zero attached hydrogens (tertiary/aromatic N) is 1. The standard InChI is InChI=1S/C8H8ClFN2O/c1-12(8(11)13)7-4-5(9)2-3-6(7)10/h2-4H,1H3,(H2,11,13). The van der Waals surface area contributed by atoms with Crippen LogP contribution in [0.1, 0.15) is 0 Å². The molecule has 1 rings (SSSR count). The van der Waals surface area contributed by atoms with Crippen molar-refractivity contribution in [3.05, 3.63) is 29.0 Å². The van der Waals surface area contributed by atoms with Crippen LogP contribution in [0.25, 0.3) is 0 Å². The molecule has 0 bridgehead atoms. The molecule has 2 amide bonds. The first-order valence-electron chi connectivity index (χ1n) is 3.50. The fraction of sp³-hybridized carbons (Fsp3) is 0.125. The summed E-state index contributed by atoms with van der Waals surface area (Å²) in [6.45, 7) is 0. The van der Waals surface area contributed by atoms with Gasteiger partial charge < -0.3 is 5.73 Å². The second kappa shape index (κ2) is 3.62. The number of urea groups is 1. The monoisotopic (exact) mass is 202 g/mol. The summed E-state index contributed by atoms with van der Waals surface area (Å²) in [6.07, 6.45) is 0. The Kier molecular flexibility index (Phi) is 2.72. The van der Waals surface area contributed by atoms with Crippen LogP contribution in [0, 0.1) is 5.82 Å². The molecule has 0 unspecified atom stereocenters. The largest absolute Gasteiger partial charge is 0.351 e. The molecule has 0 aliphatic heterocycles. The zero-order valence-electron chi connectivity index (χ0n) is 6.92. The van der Waals surface area contributed by atoms with Crippen LogP contribution in [0.4, 0.5) is 14.9 Å². The Morgan fingerprint density at radius 1 is 1.62 bits per heavy atom. The van der Waals surface area contributed by atoms with Crippen molar-refractivity contribution in [2.45, 2.75) is 0 Å². The average Bonchev–Trinajstić information content (AvgIpc) is 2.08. The smallest absolute Gasteiger partial charge is 0.319 e. The summed E-state index contributed by atoms with van der Waals surface area (Å²) in [6, 6.07) is 3.18. The maximum absolute atomic E-state index is 13.1. The van der Waals surface area contributed by atoms with E-state index in [0.29, 0.717) is 5.02 Å². The van der Waals surface area contributed by atoms with Gasteiger partial charge in [-0.15, -0.1) is 0 Å². The number of rotatable bonds is 1. The number of hydrogen-bond donors (Lipinski definition) is 1. The van der Waals surface area contributed by atoms with Crippen LogP contribution < -0.4 is 10.6 Å². The van der Waals surface area contributed by atoms with E-state index in [-0.39, 0.29) is 5.69 Å². The van der Waals surface area contributed by atoms with Gasteiger partial charge in [0, 0.05) is 12.1 Å². The summed E-state index contributed by atoms with van der Waals surface area (Å²) in [5.41, 5.74) is 5.03. The number of carbonyl (C=O) groups excluding carboxylic acids is 1. The molecule has 0 fully saturated rings. The quantitative estimate of drug-likeness (QED) is 0.744. The molecule has 0 spiro atoms. The number of halogens is 2. The predicted octanol–water partition coefficient (Wildman–Crippen LogP) is 1.99. The van der Waals surface area contributed by atoms with Crippen LogP contribution in [0.15, 0.2) is 18.2 Å². The molecule has 0 heterocycles. The summed E-state index contributed by atoms with van der Waals surface area (Å²) in [5.74, 6) is -0.536. The SMILES string of the molecule is CN(C(N)=O)c1cc(Cl)ccc1F. The van der Waals surface area contributed by atoms with E-state index in [1.165, 1.54) is 25.2 Å². The van der Waals surface area contributed by atoms with Crippen molar-refractivity contribution in [2.75, 3.05) is 11.9 Å². The number of primary amides is 1. The minimum Gasteiger partial charge on any atom is -0.351 e. The van der Waals surface area contributed by atoms with Gasteiger partial charge in [0.05, 0.1) is 5.69 Å². The maximum atomic E-state index is 13.1. The predicted molar refractivity (Wildman–Crippen MR) is 49.4 cm³/mol. The first-order chi connectivity index (χ1) is 6.02. The van der Waals surface area contributed by atoms with E-state index in [2.05, 4.69) is 0 Å². The van der Waals surface area contributed by atoms with Gasteiger partial charge in [-0.3, -0.25) is 4.90 Å². The summed E-state index contributed by atoms with van der Waals surface area (Å²) in [4.78, 5) is 11.7. The highest BCUT2D eigenvalue weighted by Crippen LogP contribution is 2.22. The van der Waals surface area contributed by atoms with Crippen molar-refractivity contribution in [2.24, 2.45) is 5.73 Å². The van der Waals surface area contributed by atoms with Crippen LogP contribution >= 0.6 is 11.6 Å².